The Morgan fingerprint density at radius 3 is 1.67 bits per heavy atom. The van der Waals surface area contributed by atoms with Crippen LogP contribution in [0.15, 0.2) is 174 Å². The molecule has 9 aromatic rings. The fraction of sp³-hybridized carbons (Fsp3) is 0. The average Bonchev–Trinajstić information content (AvgIpc) is 3.60. The average molecular weight is 653 g/mol. The maximum Gasteiger partial charge on any atom is 0.168 e. The molecular weight excluding hydrogens is 625 g/mol. The lowest BCUT2D eigenvalue weighted by atomic mass is 9.93. The van der Waals surface area contributed by atoms with Gasteiger partial charge in [-0.3, -0.25) is 0 Å². The molecule has 0 fully saturated rings. The minimum atomic E-state index is 0.523. The minimum Gasteiger partial charge on any atom is -0.455 e. The molecule has 0 aliphatic heterocycles. The van der Waals surface area contributed by atoms with Crippen LogP contribution in [0.2, 0.25) is 0 Å². The molecule has 2 aromatic heterocycles. The zero-order valence-corrected chi connectivity index (χ0v) is 27.4. The van der Waals surface area contributed by atoms with Crippen molar-refractivity contribution in [2.24, 2.45) is 0 Å². The molecule has 0 amide bonds. The molecule has 5 heteroatoms. The Morgan fingerprint density at radius 1 is 0.412 bits per heavy atom. The summed E-state index contributed by atoms with van der Waals surface area (Å²) in [5.74, 6) is 1.67. The van der Waals surface area contributed by atoms with Gasteiger partial charge in [-0.15, -0.1) is 0 Å². The van der Waals surface area contributed by atoms with E-state index in [1.165, 1.54) is 0 Å². The molecule has 0 spiro atoms. The second-order valence-corrected chi connectivity index (χ2v) is 12.3. The highest BCUT2D eigenvalue weighted by Gasteiger charge is 2.22. The van der Waals surface area contributed by atoms with Crippen LogP contribution in [0, 0.1) is 11.3 Å². The first-order valence-electron chi connectivity index (χ1n) is 16.7. The quantitative estimate of drug-likeness (QED) is 0.179. The van der Waals surface area contributed by atoms with Crippen LogP contribution in [0.3, 0.4) is 0 Å². The van der Waals surface area contributed by atoms with Gasteiger partial charge in [-0.1, -0.05) is 140 Å². The maximum atomic E-state index is 9.34. The Hall–Kier alpha value is -7.16. The molecule has 0 saturated carbocycles. The van der Waals surface area contributed by atoms with E-state index in [-0.39, 0.29) is 0 Å². The maximum absolute atomic E-state index is 9.34. The largest absolute Gasteiger partial charge is 0.455 e. The summed E-state index contributed by atoms with van der Waals surface area (Å²) in [5.41, 5.74) is 11.0. The number of nitriles is 1. The van der Waals surface area contributed by atoms with Crippen LogP contribution in [0.1, 0.15) is 5.56 Å². The predicted octanol–water partition coefficient (Wildman–Crippen LogP) is 11.6. The first kappa shape index (κ1) is 29.9. The fourth-order valence-corrected chi connectivity index (χ4v) is 6.63. The molecule has 0 aliphatic rings. The molecule has 2 heterocycles. The number of benzene rings is 7. The predicted molar refractivity (Wildman–Crippen MR) is 204 cm³/mol. The monoisotopic (exact) mass is 652 g/mol. The fourth-order valence-electron chi connectivity index (χ4n) is 6.63. The number of hydrogen-bond donors (Lipinski definition) is 0. The highest BCUT2D eigenvalue weighted by atomic mass is 16.3. The van der Waals surface area contributed by atoms with Crippen LogP contribution in [0.5, 0.6) is 0 Å². The number of hydrogen-bond acceptors (Lipinski definition) is 5. The Balaban J connectivity index is 1.28. The van der Waals surface area contributed by atoms with E-state index < -0.39 is 0 Å². The second kappa shape index (κ2) is 12.7. The van der Waals surface area contributed by atoms with Gasteiger partial charge in [0.2, 0.25) is 0 Å². The molecule has 5 nitrogen and oxygen atoms in total. The van der Waals surface area contributed by atoms with E-state index >= 15 is 0 Å². The lowest BCUT2D eigenvalue weighted by Crippen LogP contribution is -2.01. The number of aromatic nitrogens is 3. The molecule has 9 rings (SSSR count). The molecule has 0 aliphatic carbocycles. The van der Waals surface area contributed by atoms with Gasteiger partial charge in [0.05, 0.1) is 17.2 Å². The molecule has 0 unspecified atom stereocenters. The second-order valence-electron chi connectivity index (χ2n) is 12.3. The first-order chi connectivity index (χ1) is 25.2. The van der Waals surface area contributed by atoms with Gasteiger partial charge in [-0.05, 0) is 63.7 Å². The van der Waals surface area contributed by atoms with Gasteiger partial charge in [0.25, 0.3) is 0 Å². The molecule has 0 atom stereocenters. The van der Waals surface area contributed by atoms with Crippen molar-refractivity contribution in [1.29, 1.82) is 5.26 Å². The summed E-state index contributed by atoms with van der Waals surface area (Å²) in [7, 11) is 0. The smallest absolute Gasteiger partial charge is 0.168 e. The molecule has 0 radical (unpaired) electrons. The highest BCUT2D eigenvalue weighted by Crippen LogP contribution is 2.42. The number of para-hydroxylation sites is 1. The lowest BCUT2D eigenvalue weighted by molar-refractivity contribution is 0.669. The van der Waals surface area contributed by atoms with Crippen molar-refractivity contribution in [2.75, 3.05) is 0 Å². The molecule has 7 aromatic carbocycles. The molecule has 0 N–H and O–H groups in total. The van der Waals surface area contributed by atoms with Crippen LogP contribution in [-0.2, 0) is 0 Å². The van der Waals surface area contributed by atoms with E-state index in [4.69, 9.17) is 19.4 Å². The zero-order valence-electron chi connectivity index (χ0n) is 27.4. The molecule has 51 heavy (non-hydrogen) atoms. The van der Waals surface area contributed by atoms with Crippen LogP contribution in [-0.4, -0.2) is 15.0 Å². The van der Waals surface area contributed by atoms with Crippen LogP contribution >= 0.6 is 0 Å². The van der Waals surface area contributed by atoms with E-state index in [1.807, 2.05) is 91.0 Å². The summed E-state index contributed by atoms with van der Waals surface area (Å²) in [6.45, 7) is 0. The Morgan fingerprint density at radius 2 is 0.941 bits per heavy atom. The third-order valence-corrected chi connectivity index (χ3v) is 9.21. The van der Waals surface area contributed by atoms with Gasteiger partial charge in [0, 0.05) is 21.9 Å². The standard InChI is InChI=1S/C46H28N4O/c47-29-30-18-20-33(21-19-30)36-14-9-15-37(28-36)38-26-27-40-39-16-7-8-17-41(39)51-43(40)42(38)46-49-44(34-12-5-2-6-13-34)48-45(50-46)35-24-22-32(23-25-35)31-10-3-1-4-11-31/h1-28H. The van der Waals surface area contributed by atoms with Gasteiger partial charge in [0.15, 0.2) is 17.5 Å². The summed E-state index contributed by atoms with van der Waals surface area (Å²) in [6.07, 6.45) is 0. The topological polar surface area (TPSA) is 75.6 Å². The van der Waals surface area contributed by atoms with E-state index in [1.54, 1.807) is 0 Å². The van der Waals surface area contributed by atoms with Crippen molar-refractivity contribution in [3.63, 3.8) is 0 Å². The lowest BCUT2D eigenvalue weighted by Gasteiger charge is -2.14. The third kappa shape index (κ3) is 5.61. The molecule has 0 bridgehead atoms. The minimum absolute atomic E-state index is 0.523. The van der Waals surface area contributed by atoms with E-state index in [9.17, 15) is 5.26 Å². The van der Waals surface area contributed by atoms with E-state index in [0.29, 0.717) is 28.6 Å². The summed E-state index contributed by atoms with van der Waals surface area (Å²) in [6, 6.07) is 59.3. The zero-order chi connectivity index (χ0) is 34.1. The number of nitrogens with zero attached hydrogens (tertiary/aromatic N) is 4. The van der Waals surface area contributed by atoms with Gasteiger partial charge in [-0.2, -0.15) is 5.26 Å². The highest BCUT2D eigenvalue weighted by molar-refractivity contribution is 6.12. The van der Waals surface area contributed by atoms with Gasteiger partial charge in [-0.25, -0.2) is 15.0 Å². The third-order valence-electron chi connectivity index (χ3n) is 9.21. The van der Waals surface area contributed by atoms with Crippen LogP contribution in [0.4, 0.5) is 0 Å². The van der Waals surface area contributed by atoms with Crippen molar-refractivity contribution >= 4 is 21.9 Å². The van der Waals surface area contributed by atoms with Crippen molar-refractivity contribution in [3.05, 3.63) is 175 Å². The molecule has 0 saturated heterocycles. The first-order valence-corrected chi connectivity index (χ1v) is 16.7. The summed E-state index contributed by atoms with van der Waals surface area (Å²) in [4.78, 5) is 15.4. The Kier molecular flexibility index (Phi) is 7.46. The number of furan rings is 1. The van der Waals surface area contributed by atoms with Gasteiger partial charge >= 0.3 is 0 Å². The van der Waals surface area contributed by atoms with E-state index in [2.05, 4.69) is 84.9 Å². The summed E-state index contributed by atoms with van der Waals surface area (Å²) >= 11 is 0. The number of fused-ring (bicyclic) bond motifs is 3. The Labute approximate surface area is 294 Å². The summed E-state index contributed by atoms with van der Waals surface area (Å²) in [5, 5.41) is 11.4. The Bertz CT molecular complexity index is 2730. The van der Waals surface area contributed by atoms with Crippen molar-refractivity contribution in [1.82, 2.24) is 15.0 Å². The van der Waals surface area contributed by atoms with Crippen LogP contribution in [0.25, 0.3) is 89.5 Å². The van der Waals surface area contributed by atoms with E-state index in [0.717, 1.165) is 66.4 Å². The number of rotatable bonds is 6. The van der Waals surface area contributed by atoms with Gasteiger partial charge < -0.3 is 4.42 Å². The normalized spacial score (nSPS) is 11.1. The van der Waals surface area contributed by atoms with Gasteiger partial charge in [0.1, 0.15) is 11.2 Å². The molecule has 238 valence electrons. The SMILES string of the molecule is N#Cc1ccc(-c2cccc(-c3ccc4c(oc5ccccc54)c3-c3nc(-c4ccccc4)nc(-c4ccc(-c5ccccc5)cc4)n3)c2)cc1. The van der Waals surface area contributed by atoms with Crippen LogP contribution < -0.4 is 0 Å². The molecular formula is C46H28N4O. The van der Waals surface area contributed by atoms with Crippen molar-refractivity contribution in [3.8, 4) is 73.6 Å². The van der Waals surface area contributed by atoms with Crippen molar-refractivity contribution in [2.45, 2.75) is 0 Å². The van der Waals surface area contributed by atoms with Crippen molar-refractivity contribution < 1.29 is 4.42 Å². The summed E-state index contributed by atoms with van der Waals surface area (Å²) < 4.78 is 6.67.